The Hall–Kier alpha value is -2.04. The maximum absolute atomic E-state index is 6.41. The van der Waals surface area contributed by atoms with Crippen LogP contribution in [0.4, 0.5) is 0 Å². The zero-order chi connectivity index (χ0) is 17.6. The molecule has 3 rings (SSSR count). The number of rotatable bonds is 8. The molecule has 0 spiro atoms. The molecule has 0 aliphatic heterocycles. The lowest BCUT2D eigenvalue weighted by Gasteiger charge is -2.15. The second-order valence-corrected chi connectivity index (χ2v) is 6.60. The first-order chi connectivity index (χ1) is 12.2. The molecule has 0 aliphatic carbocycles. The van der Waals surface area contributed by atoms with Crippen LogP contribution >= 0.6 is 11.6 Å². The predicted molar refractivity (Wildman–Crippen MR) is 103 cm³/mol. The molecule has 0 saturated heterocycles. The molecule has 1 aromatic heterocycles. The first kappa shape index (κ1) is 17.8. The van der Waals surface area contributed by atoms with Crippen molar-refractivity contribution in [3.05, 3.63) is 59.4 Å². The van der Waals surface area contributed by atoms with E-state index in [1.54, 1.807) is 0 Å². The molecule has 2 N–H and O–H groups in total. The Morgan fingerprint density at radius 2 is 1.92 bits per heavy atom. The van der Waals surface area contributed by atoms with Gasteiger partial charge in [0, 0.05) is 5.02 Å². The van der Waals surface area contributed by atoms with Gasteiger partial charge in [-0.05, 0) is 42.8 Å². The van der Waals surface area contributed by atoms with Gasteiger partial charge in [-0.1, -0.05) is 43.5 Å². The highest BCUT2D eigenvalue weighted by atomic mass is 35.5. The zero-order valence-electron chi connectivity index (χ0n) is 14.5. The number of aromatic nitrogens is 2. The van der Waals surface area contributed by atoms with Gasteiger partial charge in [0.25, 0.3) is 0 Å². The molecule has 0 amide bonds. The van der Waals surface area contributed by atoms with E-state index < -0.39 is 0 Å². The molecule has 25 heavy (non-hydrogen) atoms. The van der Waals surface area contributed by atoms with Gasteiger partial charge in [-0.2, -0.15) is 0 Å². The first-order valence-electron chi connectivity index (χ1n) is 8.78. The first-order valence-corrected chi connectivity index (χ1v) is 9.16. The van der Waals surface area contributed by atoms with Crippen LogP contribution in [0.5, 0.6) is 5.75 Å². The molecule has 1 heterocycles. The van der Waals surface area contributed by atoms with Crippen LogP contribution in [0.15, 0.2) is 48.5 Å². The number of imidazole rings is 1. The SMILES string of the molecule is CCCCC(N)c1nc2ccccc2n1CCOc1ccc(Cl)cc1. The van der Waals surface area contributed by atoms with E-state index in [9.17, 15) is 0 Å². The number of benzene rings is 2. The van der Waals surface area contributed by atoms with Crippen molar-refractivity contribution in [2.75, 3.05) is 6.61 Å². The molecule has 0 bridgehead atoms. The summed E-state index contributed by atoms with van der Waals surface area (Å²) in [5.74, 6) is 1.75. The Morgan fingerprint density at radius 3 is 2.68 bits per heavy atom. The topological polar surface area (TPSA) is 53.1 Å². The van der Waals surface area contributed by atoms with Crippen LogP contribution in [-0.4, -0.2) is 16.2 Å². The van der Waals surface area contributed by atoms with Gasteiger partial charge in [0.05, 0.1) is 23.6 Å². The van der Waals surface area contributed by atoms with E-state index in [2.05, 4.69) is 17.6 Å². The molecule has 132 valence electrons. The lowest BCUT2D eigenvalue weighted by molar-refractivity contribution is 0.296. The minimum absolute atomic E-state index is 0.0529. The normalized spacial score (nSPS) is 12.4. The maximum Gasteiger partial charge on any atom is 0.126 e. The van der Waals surface area contributed by atoms with Crippen molar-refractivity contribution in [2.45, 2.75) is 38.8 Å². The lowest BCUT2D eigenvalue weighted by atomic mass is 10.1. The summed E-state index contributed by atoms with van der Waals surface area (Å²) in [5, 5.41) is 0.706. The maximum atomic E-state index is 6.41. The van der Waals surface area contributed by atoms with Gasteiger partial charge in [0.1, 0.15) is 18.2 Å². The Labute approximate surface area is 153 Å². The second-order valence-electron chi connectivity index (χ2n) is 6.16. The summed E-state index contributed by atoms with van der Waals surface area (Å²) in [7, 11) is 0. The van der Waals surface area contributed by atoms with Gasteiger partial charge in [-0.3, -0.25) is 0 Å². The highest BCUT2D eigenvalue weighted by molar-refractivity contribution is 6.30. The quantitative estimate of drug-likeness (QED) is 0.620. The molecule has 0 saturated carbocycles. The Morgan fingerprint density at radius 1 is 1.16 bits per heavy atom. The van der Waals surface area contributed by atoms with E-state index in [1.807, 2.05) is 42.5 Å². The number of para-hydroxylation sites is 2. The summed E-state index contributed by atoms with van der Waals surface area (Å²) in [5.41, 5.74) is 8.49. The standard InChI is InChI=1S/C20H24ClN3O/c1-2-3-6-17(22)20-23-18-7-4-5-8-19(18)24(20)13-14-25-16-11-9-15(21)10-12-16/h4-5,7-12,17H,2-3,6,13-14,22H2,1H3. The summed E-state index contributed by atoms with van der Waals surface area (Å²) < 4.78 is 8.04. The van der Waals surface area contributed by atoms with Gasteiger partial charge in [-0.15, -0.1) is 0 Å². The van der Waals surface area contributed by atoms with E-state index in [4.69, 9.17) is 27.1 Å². The third-order valence-corrected chi connectivity index (χ3v) is 4.53. The summed E-state index contributed by atoms with van der Waals surface area (Å²) in [6.07, 6.45) is 3.18. The fourth-order valence-electron chi connectivity index (χ4n) is 2.95. The Bertz CT molecular complexity index is 813. The number of ether oxygens (including phenoxy) is 1. The van der Waals surface area contributed by atoms with Crippen molar-refractivity contribution < 1.29 is 4.74 Å². The number of hydrogen-bond donors (Lipinski definition) is 1. The average molecular weight is 358 g/mol. The third-order valence-electron chi connectivity index (χ3n) is 4.28. The minimum atomic E-state index is -0.0529. The van der Waals surface area contributed by atoms with Crippen LogP contribution in [-0.2, 0) is 6.54 Å². The van der Waals surface area contributed by atoms with Gasteiger partial charge in [0.15, 0.2) is 0 Å². The molecule has 0 radical (unpaired) electrons. The van der Waals surface area contributed by atoms with Crippen molar-refractivity contribution in [3.63, 3.8) is 0 Å². The Kier molecular flexibility index (Phi) is 5.95. The van der Waals surface area contributed by atoms with Gasteiger partial charge >= 0.3 is 0 Å². The fourth-order valence-corrected chi connectivity index (χ4v) is 3.08. The number of nitrogens with two attached hydrogens (primary N) is 1. The predicted octanol–water partition coefficient (Wildman–Crippen LogP) is 4.96. The number of nitrogens with zero attached hydrogens (tertiary/aromatic N) is 2. The van der Waals surface area contributed by atoms with E-state index >= 15 is 0 Å². The summed E-state index contributed by atoms with van der Waals surface area (Å²) in [6.45, 7) is 3.43. The molecule has 1 unspecified atom stereocenters. The van der Waals surface area contributed by atoms with E-state index in [1.165, 1.54) is 0 Å². The summed E-state index contributed by atoms with van der Waals surface area (Å²) in [6, 6.07) is 15.5. The van der Waals surface area contributed by atoms with Crippen molar-refractivity contribution in [3.8, 4) is 5.75 Å². The molecular formula is C20H24ClN3O. The van der Waals surface area contributed by atoms with E-state index in [0.29, 0.717) is 18.2 Å². The molecular weight excluding hydrogens is 334 g/mol. The Balaban J connectivity index is 1.77. The molecule has 2 aromatic carbocycles. The summed E-state index contributed by atoms with van der Waals surface area (Å²) in [4.78, 5) is 4.77. The largest absolute Gasteiger partial charge is 0.492 e. The minimum Gasteiger partial charge on any atom is -0.492 e. The van der Waals surface area contributed by atoms with Crippen LogP contribution in [0.1, 0.15) is 38.1 Å². The van der Waals surface area contributed by atoms with E-state index in [-0.39, 0.29) is 6.04 Å². The van der Waals surface area contributed by atoms with Crippen molar-refractivity contribution in [1.82, 2.24) is 9.55 Å². The van der Waals surface area contributed by atoms with Crippen molar-refractivity contribution in [2.24, 2.45) is 5.73 Å². The van der Waals surface area contributed by atoms with Crippen LogP contribution in [0.2, 0.25) is 5.02 Å². The number of halogens is 1. The zero-order valence-corrected chi connectivity index (χ0v) is 15.2. The molecule has 0 aliphatic rings. The smallest absolute Gasteiger partial charge is 0.126 e. The molecule has 5 heteroatoms. The molecule has 3 aromatic rings. The van der Waals surface area contributed by atoms with E-state index in [0.717, 1.165) is 41.9 Å². The summed E-state index contributed by atoms with van der Waals surface area (Å²) >= 11 is 5.91. The van der Waals surface area contributed by atoms with Crippen LogP contribution < -0.4 is 10.5 Å². The lowest BCUT2D eigenvalue weighted by Crippen LogP contribution is -2.19. The van der Waals surface area contributed by atoms with Gasteiger partial charge < -0.3 is 15.0 Å². The van der Waals surface area contributed by atoms with Crippen molar-refractivity contribution >= 4 is 22.6 Å². The average Bonchev–Trinajstić information content (AvgIpc) is 3.00. The highest BCUT2D eigenvalue weighted by Gasteiger charge is 2.16. The number of unbranched alkanes of at least 4 members (excludes halogenated alkanes) is 1. The van der Waals surface area contributed by atoms with Gasteiger partial charge in [0.2, 0.25) is 0 Å². The van der Waals surface area contributed by atoms with Crippen molar-refractivity contribution in [1.29, 1.82) is 0 Å². The second kappa shape index (κ2) is 8.37. The number of fused-ring (bicyclic) bond motifs is 1. The van der Waals surface area contributed by atoms with Crippen LogP contribution in [0.3, 0.4) is 0 Å². The fraction of sp³-hybridized carbons (Fsp3) is 0.350. The van der Waals surface area contributed by atoms with Crippen LogP contribution in [0, 0.1) is 0 Å². The molecule has 0 fully saturated rings. The third kappa shape index (κ3) is 4.33. The monoisotopic (exact) mass is 357 g/mol. The molecule has 4 nitrogen and oxygen atoms in total. The number of hydrogen-bond acceptors (Lipinski definition) is 3. The van der Waals surface area contributed by atoms with Crippen LogP contribution in [0.25, 0.3) is 11.0 Å². The van der Waals surface area contributed by atoms with Gasteiger partial charge in [-0.25, -0.2) is 4.98 Å². The molecule has 1 atom stereocenters. The highest BCUT2D eigenvalue weighted by Crippen LogP contribution is 2.23.